The molecule has 5 nitrogen and oxygen atoms in total. The van der Waals surface area contributed by atoms with Gasteiger partial charge in [-0.2, -0.15) is 0 Å². The number of nitrogens with one attached hydrogen (secondary N) is 2. The van der Waals surface area contributed by atoms with Crippen LogP contribution in [0.15, 0.2) is 41.4 Å². The summed E-state index contributed by atoms with van der Waals surface area (Å²) in [5, 5.41) is 16.2. The van der Waals surface area contributed by atoms with E-state index in [1.54, 1.807) is 0 Å². The van der Waals surface area contributed by atoms with E-state index in [4.69, 9.17) is 4.99 Å². The number of aliphatic hydroxyl groups is 1. The molecule has 0 fully saturated rings. The number of anilines is 1. The maximum atomic E-state index is 9.40. The molecular formula is C22H37IN4O. The number of benzene rings is 1. The van der Waals surface area contributed by atoms with Crippen LogP contribution in [0.5, 0.6) is 0 Å². The molecule has 0 bridgehead atoms. The second-order valence-electron chi connectivity index (χ2n) is 7.27. The highest BCUT2D eigenvalue weighted by atomic mass is 127. The fourth-order valence-corrected chi connectivity index (χ4v) is 3.46. The highest BCUT2D eigenvalue weighted by molar-refractivity contribution is 14.0. The van der Waals surface area contributed by atoms with Gasteiger partial charge in [0.2, 0.25) is 0 Å². The molecule has 0 saturated heterocycles. The first kappa shape index (κ1) is 24.8. The normalized spacial score (nSPS) is 14.1. The summed E-state index contributed by atoms with van der Waals surface area (Å²) in [6.45, 7) is 11.0. The van der Waals surface area contributed by atoms with E-state index in [1.165, 1.54) is 11.3 Å². The first-order valence-electron chi connectivity index (χ1n) is 10.3. The van der Waals surface area contributed by atoms with Crippen LogP contribution in [0.4, 0.5) is 5.69 Å². The van der Waals surface area contributed by atoms with Gasteiger partial charge in [0.05, 0.1) is 6.54 Å². The Morgan fingerprint density at radius 2 is 1.71 bits per heavy atom. The Labute approximate surface area is 187 Å². The molecule has 2 rings (SSSR count). The van der Waals surface area contributed by atoms with E-state index in [0.29, 0.717) is 6.54 Å². The number of rotatable bonds is 10. The summed E-state index contributed by atoms with van der Waals surface area (Å²) in [5.74, 6) is 0.842. The van der Waals surface area contributed by atoms with Crippen LogP contribution in [0.2, 0.25) is 0 Å². The third-order valence-corrected chi connectivity index (χ3v) is 5.66. The second kappa shape index (κ2) is 13.0. The fourth-order valence-electron chi connectivity index (χ4n) is 3.46. The summed E-state index contributed by atoms with van der Waals surface area (Å²) < 4.78 is 0. The van der Waals surface area contributed by atoms with Gasteiger partial charge in [-0.3, -0.25) is 0 Å². The lowest BCUT2D eigenvalue weighted by molar-refractivity contribution is 0.169. The van der Waals surface area contributed by atoms with Crippen molar-refractivity contribution in [3.8, 4) is 0 Å². The van der Waals surface area contributed by atoms with Gasteiger partial charge in [-0.05, 0) is 49.3 Å². The number of aliphatic imine (C=N–C) groups is 1. The fraction of sp³-hybridized carbons (Fsp3) is 0.591. The van der Waals surface area contributed by atoms with Crippen LogP contribution in [0, 0.1) is 5.41 Å². The van der Waals surface area contributed by atoms with Crippen LogP contribution in [0.3, 0.4) is 0 Å². The van der Waals surface area contributed by atoms with Crippen molar-refractivity contribution in [1.82, 2.24) is 10.6 Å². The Morgan fingerprint density at radius 3 is 2.25 bits per heavy atom. The van der Waals surface area contributed by atoms with Gasteiger partial charge in [-0.25, -0.2) is 4.99 Å². The van der Waals surface area contributed by atoms with Crippen molar-refractivity contribution in [3.05, 3.63) is 42.0 Å². The molecular weight excluding hydrogens is 463 g/mol. The Hall–Kier alpha value is -1.28. The number of hydrogen-bond acceptors (Lipinski definition) is 3. The topological polar surface area (TPSA) is 59.9 Å². The van der Waals surface area contributed by atoms with Crippen molar-refractivity contribution in [2.24, 2.45) is 10.4 Å². The minimum absolute atomic E-state index is 0. The number of hydrogen-bond donors (Lipinski definition) is 3. The van der Waals surface area contributed by atoms with E-state index >= 15 is 0 Å². The molecule has 0 saturated carbocycles. The van der Waals surface area contributed by atoms with Gasteiger partial charge in [0.25, 0.3) is 0 Å². The first-order chi connectivity index (χ1) is 13.2. The summed E-state index contributed by atoms with van der Waals surface area (Å²) in [4.78, 5) is 7.09. The standard InChI is InChI=1S/C22H36N4O.HI/c1-4-22(5-2,13-16-27)18-25-21(23-6-3)24-17-19-9-11-20(12-10-19)26-14-7-8-15-26;/h7-12,27H,4-6,13-18H2,1-3H3,(H2,23,24,25);1H. The molecule has 3 N–H and O–H groups in total. The van der Waals surface area contributed by atoms with Crippen molar-refractivity contribution in [3.63, 3.8) is 0 Å². The number of halogens is 1. The minimum Gasteiger partial charge on any atom is -0.396 e. The highest BCUT2D eigenvalue weighted by Gasteiger charge is 2.25. The molecule has 1 aromatic rings. The lowest BCUT2D eigenvalue weighted by Crippen LogP contribution is -2.43. The molecule has 6 heteroatoms. The Morgan fingerprint density at radius 1 is 1.07 bits per heavy atom. The second-order valence-corrected chi connectivity index (χ2v) is 7.27. The van der Waals surface area contributed by atoms with Gasteiger partial charge in [-0.15, -0.1) is 24.0 Å². The summed E-state index contributed by atoms with van der Waals surface area (Å²) in [5.41, 5.74) is 2.59. The molecule has 0 spiro atoms. The third-order valence-electron chi connectivity index (χ3n) is 5.66. The molecule has 1 aliphatic rings. The van der Waals surface area contributed by atoms with Crippen molar-refractivity contribution >= 4 is 35.6 Å². The zero-order valence-corrected chi connectivity index (χ0v) is 19.9. The smallest absolute Gasteiger partial charge is 0.191 e. The monoisotopic (exact) mass is 500 g/mol. The van der Waals surface area contributed by atoms with Gasteiger partial charge in [-0.1, -0.05) is 38.1 Å². The minimum atomic E-state index is 0. The quantitative estimate of drug-likeness (QED) is 0.197. The summed E-state index contributed by atoms with van der Waals surface area (Å²) in [7, 11) is 0. The predicted octanol–water partition coefficient (Wildman–Crippen LogP) is 3.92. The molecule has 1 aromatic carbocycles. The molecule has 0 amide bonds. The molecule has 0 radical (unpaired) electrons. The van der Waals surface area contributed by atoms with Gasteiger partial charge < -0.3 is 20.6 Å². The van der Waals surface area contributed by atoms with Gasteiger partial charge in [0, 0.05) is 38.5 Å². The summed E-state index contributed by atoms with van der Waals surface area (Å²) >= 11 is 0. The van der Waals surface area contributed by atoms with E-state index in [0.717, 1.165) is 51.4 Å². The Balaban J connectivity index is 0.00000392. The lowest BCUT2D eigenvalue weighted by Gasteiger charge is -2.32. The van der Waals surface area contributed by atoms with Crippen molar-refractivity contribution in [2.75, 3.05) is 37.7 Å². The maximum absolute atomic E-state index is 9.40. The molecule has 1 heterocycles. The number of aliphatic hydroxyl groups excluding tert-OH is 1. The van der Waals surface area contributed by atoms with Gasteiger partial charge in [0.1, 0.15) is 0 Å². The molecule has 0 unspecified atom stereocenters. The number of guanidine groups is 1. The van der Waals surface area contributed by atoms with E-state index < -0.39 is 0 Å². The lowest BCUT2D eigenvalue weighted by atomic mass is 9.79. The average molecular weight is 500 g/mol. The van der Waals surface area contributed by atoms with E-state index in [1.807, 2.05) is 0 Å². The van der Waals surface area contributed by atoms with E-state index in [2.05, 4.69) is 72.7 Å². The first-order valence-corrected chi connectivity index (χ1v) is 10.3. The predicted molar refractivity (Wildman–Crippen MR) is 131 cm³/mol. The summed E-state index contributed by atoms with van der Waals surface area (Å²) in [6, 6.07) is 8.68. The van der Waals surface area contributed by atoms with E-state index in [9.17, 15) is 5.11 Å². The van der Waals surface area contributed by atoms with E-state index in [-0.39, 0.29) is 36.0 Å². The SMILES string of the molecule is CCNC(=NCc1ccc(N2CC=CC2)cc1)NCC(CC)(CC)CCO.I. The average Bonchev–Trinajstić information content (AvgIpc) is 3.24. The zero-order chi connectivity index (χ0) is 19.5. The van der Waals surface area contributed by atoms with Crippen LogP contribution >= 0.6 is 24.0 Å². The number of nitrogens with zero attached hydrogens (tertiary/aromatic N) is 2. The molecule has 1 aliphatic heterocycles. The molecule has 0 aromatic heterocycles. The van der Waals surface area contributed by atoms with Crippen molar-refractivity contribution in [2.45, 2.75) is 46.6 Å². The maximum Gasteiger partial charge on any atom is 0.191 e. The largest absolute Gasteiger partial charge is 0.396 e. The highest BCUT2D eigenvalue weighted by Crippen LogP contribution is 2.29. The Kier molecular flexibility index (Phi) is 11.5. The van der Waals surface area contributed by atoms with Crippen molar-refractivity contribution < 1.29 is 5.11 Å². The van der Waals surface area contributed by atoms with Crippen LogP contribution in [-0.4, -0.2) is 43.9 Å². The van der Waals surface area contributed by atoms with Crippen LogP contribution in [0.1, 0.15) is 45.6 Å². The summed E-state index contributed by atoms with van der Waals surface area (Å²) in [6.07, 6.45) is 7.32. The van der Waals surface area contributed by atoms with Crippen molar-refractivity contribution in [1.29, 1.82) is 0 Å². The third kappa shape index (κ3) is 7.28. The van der Waals surface area contributed by atoms with Gasteiger partial charge >= 0.3 is 0 Å². The van der Waals surface area contributed by atoms with Gasteiger partial charge in [0.15, 0.2) is 5.96 Å². The molecule has 0 atom stereocenters. The molecule has 28 heavy (non-hydrogen) atoms. The molecule has 0 aliphatic carbocycles. The van der Waals surface area contributed by atoms with Crippen LogP contribution in [0.25, 0.3) is 0 Å². The molecule has 158 valence electrons. The van der Waals surface area contributed by atoms with Crippen LogP contribution in [-0.2, 0) is 6.54 Å². The zero-order valence-electron chi connectivity index (χ0n) is 17.6. The Bertz CT molecular complexity index is 603. The van der Waals surface area contributed by atoms with Crippen LogP contribution < -0.4 is 15.5 Å².